The second-order valence-corrected chi connectivity index (χ2v) is 8.98. The number of guanidine groups is 1. The maximum absolute atomic E-state index is 12.2. The molecule has 1 fully saturated rings. The van der Waals surface area contributed by atoms with E-state index in [-0.39, 0.29) is 17.9 Å². The van der Waals surface area contributed by atoms with Crippen molar-refractivity contribution in [3.8, 4) is 0 Å². The van der Waals surface area contributed by atoms with Crippen LogP contribution in [0, 0.1) is 0 Å². The predicted octanol–water partition coefficient (Wildman–Crippen LogP) is 2.57. The number of nitrogens with two attached hydrogens (primary N) is 1. The molecule has 0 saturated carbocycles. The van der Waals surface area contributed by atoms with E-state index in [0.29, 0.717) is 0 Å². The van der Waals surface area contributed by atoms with Crippen LogP contribution in [0.4, 0.5) is 11.4 Å². The number of benzene rings is 1. The summed E-state index contributed by atoms with van der Waals surface area (Å²) in [7, 11) is 2.15. The van der Waals surface area contributed by atoms with E-state index in [0.717, 1.165) is 37.4 Å². The molecule has 0 bridgehead atoms. The van der Waals surface area contributed by atoms with E-state index in [4.69, 9.17) is 10.6 Å². The number of hydroxylamine groups is 2. The van der Waals surface area contributed by atoms with Crippen molar-refractivity contribution >= 4 is 23.2 Å². The summed E-state index contributed by atoms with van der Waals surface area (Å²) in [5.41, 5.74) is 8.51. The van der Waals surface area contributed by atoms with Gasteiger partial charge in [0.15, 0.2) is 5.96 Å². The quantitative estimate of drug-likeness (QED) is 0.569. The molecule has 1 unspecified atom stereocenters. The fourth-order valence-corrected chi connectivity index (χ4v) is 3.42. The van der Waals surface area contributed by atoms with Gasteiger partial charge in [-0.05, 0) is 70.7 Å². The SMILES string of the molecule is CC1/C(=C\N=C(N)Nc2ccc(N3CCN(C)CC3)cc2)C=CC(=O)N1OC(C)(C)C. The summed E-state index contributed by atoms with van der Waals surface area (Å²) < 4.78 is 0. The van der Waals surface area contributed by atoms with Crippen molar-refractivity contribution in [3.63, 3.8) is 0 Å². The van der Waals surface area contributed by atoms with E-state index in [1.54, 1.807) is 12.3 Å². The van der Waals surface area contributed by atoms with Crippen LogP contribution in [0.15, 0.2) is 53.2 Å². The Hall–Kier alpha value is -2.84. The molecule has 8 heteroatoms. The van der Waals surface area contributed by atoms with Crippen molar-refractivity contribution in [2.24, 2.45) is 10.7 Å². The minimum absolute atomic E-state index is 0.185. The summed E-state index contributed by atoms with van der Waals surface area (Å²) in [6.45, 7) is 11.8. The molecule has 2 aliphatic rings. The van der Waals surface area contributed by atoms with Gasteiger partial charge in [0.1, 0.15) is 0 Å². The molecule has 0 aliphatic carbocycles. The molecule has 1 atom stereocenters. The summed E-state index contributed by atoms with van der Waals surface area (Å²) in [4.78, 5) is 27.0. The summed E-state index contributed by atoms with van der Waals surface area (Å²) in [6, 6.07) is 7.93. The second kappa shape index (κ2) is 9.53. The minimum atomic E-state index is -0.472. The smallest absolute Gasteiger partial charge is 0.270 e. The molecule has 3 N–H and O–H groups in total. The summed E-state index contributed by atoms with van der Waals surface area (Å²) in [6.07, 6.45) is 4.89. The first-order valence-electron chi connectivity index (χ1n) is 10.7. The van der Waals surface area contributed by atoms with Crippen molar-refractivity contribution < 1.29 is 9.63 Å². The van der Waals surface area contributed by atoms with Gasteiger partial charge in [0.25, 0.3) is 5.91 Å². The number of nitrogens with zero attached hydrogens (tertiary/aromatic N) is 4. The van der Waals surface area contributed by atoms with Crippen LogP contribution in [0.5, 0.6) is 0 Å². The number of carbonyl (C=O) groups is 1. The molecule has 1 saturated heterocycles. The zero-order valence-corrected chi connectivity index (χ0v) is 19.1. The van der Waals surface area contributed by atoms with Crippen molar-refractivity contribution in [1.82, 2.24) is 9.96 Å². The molecule has 2 heterocycles. The maximum Gasteiger partial charge on any atom is 0.270 e. The van der Waals surface area contributed by atoms with Gasteiger partial charge in [0.2, 0.25) is 0 Å². The van der Waals surface area contributed by atoms with Crippen molar-refractivity contribution in [2.45, 2.75) is 39.3 Å². The molecular formula is C23H34N6O2. The minimum Gasteiger partial charge on any atom is -0.369 e. The molecule has 1 aromatic rings. The Morgan fingerprint density at radius 3 is 2.42 bits per heavy atom. The van der Waals surface area contributed by atoms with Crippen LogP contribution in [0.1, 0.15) is 27.7 Å². The third-order valence-electron chi connectivity index (χ3n) is 5.20. The van der Waals surface area contributed by atoms with Gasteiger partial charge in [0.05, 0.1) is 11.6 Å². The van der Waals surface area contributed by atoms with Crippen molar-refractivity contribution in [1.29, 1.82) is 0 Å². The zero-order chi connectivity index (χ0) is 22.6. The summed E-state index contributed by atoms with van der Waals surface area (Å²) in [5, 5.41) is 4.49. The van der Waals surface area contributed by atoms with Gasteiger partial charge in [-0.2, -0.15) is 0 Å². The third-order valence-corrected chi connectivity index (χ3v) is 5.20. The normalized spacial score (nSPS) is 22.4. The lowest BCUT2D eigenvalue weighted by Gasteiger charge is -2.35. The highest BCUT2D eigenvalue weighted by atomic mass is 16.7. The fourth-order valence-electron chi connectivity index (χ4n) is 3.42. The largest absolute Gasteiger partial charge is 0.369 e. The van der Waals surface area contributed by atoms with Crippen LogP contribution in [0.3, 0.4) is 0 Å². The van der Waals surface area contributed by atoms with Gasteiger partial charge in [0, 0.05) is 49.8 Å². The standard InChI is InChI=1S/C23H34N6O2/c1-17-18(6-11-21(30)29(17)31-23(2,3)4)16-25-22(24)26-19-7-9-20(10-8-19)28-14-12-27(5)13-15-28/h6-11,16-17H,12-15H2,1-5H3,(H3,24,25,26)/b18-16-. The monoisotopic (exact) mass is 426 g/mol. The number of aliphatic imine (C=N–C) groups is 1. The number of piperazine rings is 1. The molecule has 0 radical (unpaired) electrons. The van der Waals surface area contributed by atoms with E-state index < -0.39 is 5.60 Å². The van der Waals surface area contributed by atoms with E-state index in [1.165, 1.54) is 16.8 Å². The average molecular weight is 427 g/mol. The number of carbonyl (C=O) groups excluding carboxylic acids is 1. The Morgan fingerprint density at radius 1 is 1.16 bits per heavy atom. The number of amides is 1. The number of hydrogen-bond donors (Lipinski definition) is 2. The molecule has 8 nitrogen and oxygen atoms in total. The van der Waals surface area contributed by atoms with Crippen LogP contribution in [-0.2, 0) is 9.63 Å². The Labute approximate surface area is 185 Å². The highest BCUT2D eigenvalue weighted by Gasteiger charge is 2.29. The molecule has 0 spiro atoms. The van der Waals surface area contributed by atoms with Crippen LogP contribution in [0.25, 0.3) is 0 Å². The molecule has 1 amide bonds. The Morgan fingerprint density at radius 2 is 1.81 bits per heavy atom. The van der Waals surface area contributed by atoms with E-state index in [9.17, 15) is 4.79 Å². The molecule has 168 valence electrons. The lowest BCUT2D eigenvalue weighted by Crippen LogP contribution is -2.45. The van der Waals surface area contributed by atoms with Gasteiger partial charge in [-0.1, -0.05) is 0 Å². The van der Waals surface area contributed by atoms with Gasteiger partial charge >= 0.3 is 0 Å². The molecule has 3 rings (SSSR count). The summed E-state index contributed by atoms with van der Waals surface area (Å²) >= 11 is 0. The Kier molecular flexibility index (Phi) is 7.02. The third kappa shape index (κ3) is 6.32. The Bertz CT molecular complexity index is 861. The first-order valence-corrected chi connectivity index (χ1v) is 10.7. The van der Waals surface area contributed by atoms with Gasteiger partial charge < -0.3 is 20.9 Å². The molecule has 0 aromatic heterocycles. The second-order valence-electron chi connectivity index (χ2n) is 8.98. The summed E-state index contributed by atoms with van der Waals surface area (Å²) in [5.74, 6) is 0.0933. The molecule has 2 aliphatic heterocycles. The van der Waals surface area contributed by atoms with E-state index >= 15 is 0 Å². The number of hydrogen-bond acceptors (Lipinski definition) is 5. The van der Waals surface area contributed by atoms with Crippen LogP contribution in [-0.4, -0.2) is 66.7 Å². The lowest BCUT2D eigenvalue weighted by molar-refractivity contribution is -0.233. The molecular weight excluding hydrogens is 392 g/mol. The number of anilines is 2. The van der Waals surface area contributed by atoms with Crippen molar-refractivity contribution in [2.75, 3.05) is 43.4 Å². The number of rotatable bonds is 4. The van der Waals surface area contributed by atoms with Gasteiger partial charge in [-0.3, -0.25) is 9.63 Å². The topological polar surface area (TPSA) is 86.4 Å². The van der Waals surface area contributed by atoms with Crippen LogP contribution >= 0.6 is 0 Å². The first kappa shape index (κ1) is 22.8. The van der Waals surface area contributed by atoms with Gasteiger partial charge in [-0.25, -0.2) is 10.1 Å². The fraction of sp³-hybridized carbons (Fsp3) is 0.478. The average Bonchev–Trinajstić information content (AvgIpc) is 2.71. The zero-order valence-electron chi connectivity index (χ0n) is 19.1. The highest BCUT2D eigenvalue weighted by Crippen LogP contribution is 2.23. The van der Waals surface area contributed by atoms with E-state index in [1.807, 2.05) is 39.8 Å². The number of likely N-dealkylation sites (N-methyl/N-ethyl adjacent to an activating group) is 1. The van der Waals surface area contributed by atoms with Crippen molar-refractivity contribution in [3.05, 3.63) is 48.2 Å². The lowest BCUT2D eigenvalue weighted by atomic mass is 10.1. The number of nitrogens with one attached hydrogen (secondary N) is 1. The van der Waals surface area contributed by atoms with E-state index in [2.05, 4.69) is 39.3 Å². The maximum atomic E-state index is 12.2. The molecule has 1 aromatic carbocycles. The van der Waals surface area contributed by atoms with Crippen LogP contribution in [0.2, 0.25) is 0 Å². The first-order chi connectivity index (χ1) is 14.6. The van der Waals surface area contributed by atoms with Crippen LogP contribution < -0.4 is 16.0 Å². The van der Waals surface area contributed by atoms with Gasteiger partial charge in [-0.15, -0.1) is 0 Å². The highest BCUT2D eigenvalue weighted by molar-refractivity contribution is 5.93. The Balaban J connectivity index is 1.63. The molecule has 31 heavy (non-hydrogen) atoms. The predicted molar refractivity (Wildman–Crippen MR) is 126 cm³/mol.